The van der Waals surface area contributed by atoms with Crippen molar-refractivity contribution in [1.29, 1.82) is 0 Å². The fraction of sp³-hybridized carbons (Fsp3) is 0.452. The molecule has 3 aliphatic rings. The van der Waals surface area contributed by atoms with Crippen LogP contribution in [0, 0.1) is 12.8 Å². The Labute approximate surface area is 230 Å². The van der Waals surface area contributed by atoms with Gasteiger partial charge < -0.3 is 20.4 Å². The molecule has 0 spiro atoms. The van der Waals surface area contributed by atoms with Crippen LogP contribution in [0.3, 0.4) is 0 Å². The number of amides is 2. The van der Waals surface area contributed by atoms with Crippen LogP contribution in [0.15, 0.2) is 48.7 Å². The largest absolute Gasteiger partial charge is 0.339 e. The molecular formula is C31H38N6O2. The summed E-state index contributed by atoms with van der Waals surface area (Å²) in [5.41, 5.74) is 5.52. The second-order valence-electron chi connectivity index (χ2n) is 11.3. The first kappa shape index (κ1) is 25.6. The van der Waals surface area contributed by atoms with E-state index in [9.17, 15) is 9.59 Å². The van der Waals surface area contributed by atoms with Crippen molar-refractivity contribution in [2.24, 2.45) is 13.0 Å². The number of nitrogens with one attached hydrogen (secondary N) is 2. The SMILES string of the molecule is Cc1cc(C(=O)N2Cc3cnn(C)c3Nc3ccccc32)ccc1CCC(=O)N(CC1CCNCC1)C1CC1. The second kappa shape index (κ2) is 10.8. The first-order chi connectivity index (χ1) is 19.0. The number of aromatic nitrogens is 2. The maximum absolute atomic E-state index is 13.8. The number of hydrogen-bond acceptors (Lipinski definition) is 5. The van der Waals surface area contributed by atoms with Gasteiger partial charge in [0.2, 0.25) is 5.91 Å². The Bertz CT molecular complexity index is 1370. The normalized spacial score (nSPS) is 17.1. The van der Waals surface area contributed by atoms with Crippen LogP contribution in [0.4, 0.5) is 17.2 Å². The summed E-state index contributed by atoms with van der Waals surface area (Å²) in [5, 5.41) is 11.3. The summed E-state index contributed by atoms with van der Waals surface area (Å²) < 4.78 is 1.80. The highest BCUT2D eigenvalue weighted by molar-refractivity contribution is 6.08. The van der Waals surface area contributed by atoms with Crippen LogP contribution in [0.5, 0.6) is 0 Å². The van der Waals surface area contributed by atoms with Gasteiger partial charge >= 0.3 is 0 Å². The molecule has 2 fully saturated rings. The van der Waals surface area contributed by atoms with Crippen LogP contribution in [-0.4, -0.2) is 52.2 Å². The van der Waals surface area contributed by atoms with E-state index >= 15 is 0 Å². The van der Waals surface area contributed by atoms with Crippen molar-refractivity contribution >= 4 is 29.0 Å². The van der Waals surface area contributed by atoms with E-state index in [-0.39, 0.29) is 11.8 Å². The van der Waals surface area contributed by atoms with E-state index < -0.39 is 0 Å². The van der Waals surface area contributed by atoms with Crippen molar-refractivity contribution in [3.63, 3.8) is 0 Å². The number of piperidine rings is 1. The number of para-hydroxylation sites is 2. The van der Waals surface area contributed by atoms with Gasteiger partial charge in [0.25, 0.3) is 5.91 Å². The summed E-state index contributed by atoms with van der Waals surface area (Å²) >= 11 is 0. The molecule has 3 aromatic rings. The Morgan fingerprint density at radius 2 is 1.87 bits per heavy atom. The minimum absolute atomic E-state index is 0.0476. The first-order valence-corrected chi connectivity index (χ1v) is 14.3. The minimum Gasteiger partial charge on any atom is -0.339 e. The third-order valence-corrected chi connectivity index (χ3v) is 8.46. The number of rotatable bonds is 7. The van der Waals surface area contributed by atoms with Crippen molar-refractivity contribution in [1.82, 2.24) is 20.0 Å². The minimum atomic E-state index is -0.0476. The molecule has 2 amide bonds. The van der Waals surface area contributed by atoms with E-state index in [0.717, 1.165) is 79.2 Å². The number of hydrogen-bond donors (Lipinski definition) is 2. The van der Waals surface area contributed by atoms with Crippen molar-refractivity contribution in [2.75, 3.05) is 29.9 Å². The summed E-state index contributed by atoms with van der Waals surface area (Å²) in [7, 11) is 1.90. The molecule has 3 heterocycles. The molecule has 6 rings (SSSR count). The number of fused-ring (bicyclic) bond motifs is 2. The molecule has 204 valence electrons. The Hall–Kier alpha value is -3.65. The van der Waals surface area contributed by atoms with Crippen molar-refractivity contribution in [2.45, 2.75) is 58.0 Å². The van der Waals surface area contributed by atoms with Gasteiger partial charge in [-0.05, 0) is 93.4 Å². The number of benzene rings is 2. The maximum atomic E-state index is 13.8. The molecule has 1 saturated heterocycles. The Morgan fingerprint density at radius 1 is 1.08 bits per heavy atom. The van der Waals surface area contributed by atoms with Crippen LogP contribution in [-0.2, 0) is 24.8 Å². The average Bonchev–Trinajstić information content (AvgIpc) is 3.76. The lowest BCUT2D eigenvalue weighted by atomic mass is 9.96. The molecule has 2 aromatic carbocycles. The quantitative estimate of drug-likeness (QED) is 0.472. The molecule has 0 unspecified atom stereocenters. The van der Waals surface area contributed by atoms with Crippen molar-refractivity contribution in [3.8, 4) is 0 Å². The number of anilines is 3. The lowest BCUT2D eigenvalue weighted by molar-refractivity contribution is -0.132. The van der Waals surface area contributed by atoms with Gasteiger partial charge in [-0.2, -0.15) is 5.10 Å². The average molecular weight is 527 g/mol. The topological polar surface area (TPSA) is 82.5 Å². The van der Waals surface area contributed by atoms with Gasteiger partial charge in [-0.15, -0.1) is 0 Å². The first-order valence-electron chi connectivity index (χ1n) is 14.3. The number of nitrogens with zero attached hydrogens (tertiary/aromatic N) is 4. The van der Waals surface area contributed by atoms with Gasteiger partial charge in [0.1, 0.15) is 5.82 Å². The van der Waals surface area contributed by atoms with E-state index in [0.29, 0.717) is 36.9 Å². The van der Waals surface area contributed by atoms with E-state index in [1.54, 1.807) is 4.68 Å². The number of carbonyl (C=O) groups is 2. The van der Waals surface area contributed by atoms with Crippen molar-refractivity contribution < 1.29 is 9.59 Å². The smallest absolute Gasteiger partial charge is 0.258 e. The predicted molar refractivity (Wildman–Crippen MR) is 153 cm³/mol. The molecule has 8 nitrogen and oxygen atoms in total. The summed E-state index contributed by atoms with van der Waals surface area (Å²) in [4.78, 5) is 31.1. The Balaban J connectivity index is 1.15. The van der Waals surface area contributed by atoms with Gasteiger partial charge in [-0.25, -0.2) is 0 Å². The summed E-state index contributed by atoms with van der Waals surface area (Å²) in [6.45, 7) is 5.51. The maximum Gasteiger partial charge on any atom is 0.258 e. The van der Waals surface area contributed by atoms with E-state index in [2.05, 4.69) is 20.6 Å². The Morgan fingerprint density at radius 3 is 2.64 bits per heavy atom. The second-order valence-corrected chi connectivity index (χ2v) is 11.3. The highest BCUT2D eigenvalue weighted by atomic mass is 16.2. The monoisotopic (exact) mass is 526 g/mol. The zero-order chi connectivity index (χ0) is 26.9. The molecule has 0 radical (unpaired) electrons. The van der Waals surface area contributed by atoms with Crippen molar-refractivity contribution in [3.05, 3.63) is 70.9 Å². The molecule has 1 aromatic heterocycles. The number of aryl methyl sites for hydroxylation is 3. The zero-order valence-corrected chi connectivity index (χ0v) is 22.9. The highest BCUT2D eigenvalue weighted by Crippen LogP contribution is 2.36. The predicted octanol–water partition coefficient (Wildman–Crippen LogP) is 4.56. The third-order valence-electron chi connectivity index (χ3n) is 8.46. The van der Waals surface area contributed by atoms with Crippen LogP contribution in [0.1, 0.15) is 59.2 Å². The van der Waals surface area contributed by atoms with E-state index in [1.165, 1.54) is 0 Å². The lowest BCUT2D eigenvalue weighted by Crippen LogP contribution is -2.40. The standard InChI is InChI=1S/C31H38N6O2/c1-21-17-24(31(39)37-20-25-18-33-35(2)30(25)34-27-5-3-4-6-28(27)37)8-7-23(21)9-12-29(38)36(26-10-11-26)19-22-13-15-32-16-14-22/h3-8,17-18,22,26,32,34H,9-16,19-20H2,1-2H3. The summed E-state index contributed by atoms with van der Waals surface area (Å²) in [6, 6.07) is 14.2. The molecule has 2 aliphatic heterocycles. The Kier molecular flexibility index (Phi) is 7.12. The lowest BCUT2D eigenvalue weighted by Gasteiger charge is -2.30. The van der Waals surface area contributed by atoms with Crippen LogP contribution >= 0.6 is 0 Å². The molecule has 8 heteroatoms. The molecule has 0 bridgehead atoms. The van der Waals surface area contributed by atoms with Crippen LogP contribution in [0.2, 0.25) is 0 Å². The molecule has 39 heavy (non-hydrogen) atoms. The van der Waals surface area contributed by atoms with Gasteiger partial charge in [-0.1, -0.05) is 18.2 Å². The van der Waals surface area contributed by atoms with Crippen LogP contribution < -0.4 is 15.5 Å². The van der Waals surface area contributed by atoms with Gasteiger partial charge in [0.15, 0.2) is 0 Å². The molecule has 2 N–H and O–H groups in total. The summed E-state index contributed by atoms with van der Waals surface area (Å²) in [6.07, 6.45) is 7.63. The number of carbonyl (C=O) groups excluding carboxylic acids is 2. The molecule has 1 aliphatic carbocycles. The summed E-state index contributed by atoms with van der Waals surface area (Å²) in [5.74, 6) is 1.74. The fourth-order valence-electron chi connectivity index (χ4n) is 5.97. The van der Waals surface area contributed by atoms with Gasteiger partial charge in [-0.3, -0.25) is 14.3 Å². The van der Waals surface area contributed by atoms with E-state index in [4.69, 9.17) is 0 Å². The van der Waals surface area contributed by atoms with Gasteiger partial charge in [0.05, 0.1) is 24.1 Å². The molecular weight excluding hydrogens is 488 g/mol. The molecule has 0 atom stereocenters. The van der Waals surface area contributed by atoms with Gasteiger partial charge in [0, 0.05) is 37.2 Å². The third kappa shape index (κ3) is 5.43. The fourth-order valence-corrected chi connectivity index (χ4v) is 5.97. The van der Waals surface area contributed by atoms with E-state index in [1.807, 2.05) is 67.5 Å². The molecule has 1 saturated carbocycles. The van der Waals surface area contributed by atoms with Crippen LogP contribution in [0.25, 0.3) is 0 Å². The zero-order valence-electron chi connectivity index (χ0n) is 22.9. The highest BCUT2D eigenvalue weighted by Gasteiger charge is 2.34.